The molecule has 1 amide bonds. The minimum absolute atomic E-state index is 0.128. The predicted octanol–water partition coefficient (Wildman–Crippen LogP) is 5.93. The van der Waals surface area contributed by atoms with Crippen molar-refractivity contribution >= 4 is 12.1 Å². The van der Waals surface area contributed by atoms with Crippen LogP contribution in [0, 0.1) is 29.5 Å². The number of esters is 1. The summed E-state index contributed by atoms with van der Waals surface area (Å²) < 4.78 is 36.3. The highest BCUT2D eigenvalue weighted by molar-refractivity contribution is 5.75. The zero-order valence-electron chi connectivity index (χ0n) is 23.8. The number of hydrogen-bond donors (Lipinski definition) is 1. The van der Waals surface area contributed by atoms with Crippen LogP contribution in [0.5, 0.6) is 5.75 Å². The van der Waals surface area contributed by atoms with Crippen LogP contribution >= 0.6 is 0 Å². The molecule has 210 valence electrons. The first kappa shape index (κ1) is 30.9. The molecular weight excluding hydrogens is 477 g/mol. The van der Waals surface area contributed by atoms with Crippen molar-refractivity contribution in [1.29, 1.82) is 0 Å². The van der Waals surface area contributed by atoms with Gasteiger partial charge < -0.3 is 24.3 Å². The van der Waals surface area contributed by atoms with E-state index in [1.165, 1.54) is 6.07 Å². The van der Waals surface area contributed by atoms with Crippen molar-refractivity contribution < 1.29 is 32.9 Å². The van der Waals surface area contributed by atoms with E-state index in [0.717, 1.165) is 5.56 Å². The van der Waals surface area contributed by atoms with Gasteiger partial charge >= 0.3 is 12.1 Å². The lowest BCUT2D eigenvalue weighted by molar-refractivity contribution is -0.146. The molecule has 1 N–H and O–H groups in total. The van der Waals surface area contributed by atoms with Gasteiger partial charge in [0.25, 0.3) is 0 Å². The maximum absolute atomic E-state index is 14.3. The number of amides is 1. The SMILES string of the molecule is COCCCOc1cc(C[C@H](C[C@H](NC(=O)OC(C)(C)C)[C@@H]2C[C@@H](C(C)C)C(=O)O2)C(C)C)ccc1F. The second kappa shape index (κ2) is 14.0. The number of nitrogens with one attached hydrogen (secondary N) is 1. The van der Waals surface area contributed by atoms with Gasteiger partial charge in [0, 0.05) is 20.1 Å². The minimum Gasteiger partial charge on any atom is -0.490 e. The maximum atomic E-state index is 14.3. The Labute approximate surface area is 221 Å². The van der Waals surface area contributed by atoms with E-state index in [2.05, 4.69) is 19.2 Å². The molecule has 1 aliphatic rings. The second-order valence-electron chi connectivity index (χ2n) is 11.7. The second-order valence-corrected chi connectivity index (χ2v) is 11.7. The summed E-state index contributed by atoms with van der Waals surface area (Å²) in [6.07, 6.45) is 1.51. The highest BCUT2D eigenvalue weighted by Gasteiger charge is 2.42. The zero-order valence-corrected chi connectivity index (χ0v) is 23.8. The smallest absolute Gasteiger partial charge is 0.408 e. The van der Waals surface area contributed by atoms with Gasteiger partial charge in [-0.05, 0) is 75.5 Å². The monoisotopic (exact) mass is 523 g/mol. The van der Waals surface area contributed by atoms with E-state index in [9.17, 15) is 14.0 Å². The average Bonchev–Trinajstić information content (AvgIpc) is 3.18. The average molecular weight is 524 g/mol. The van der Waals surface area contributed by atoms with E-state index in [1.807, 2.05) is 34.6 Å². The molecule has 2 rings (SSSR count). The first-order chi connectivity index (χ1) is 17.3. The fourth-order valence-electron chi connectivity index (χ4n) is 4.58. The van der Waals surface area contributed by atoms with Crippen molar-refractivity contribution in [2.75, 3.05) is 20.3 Å². The normalized spacial score (nSPS) is 19.6. The van der Waals surface area contributed by atoms with Crippen LogP contribution in [0.4, 0.5) is 9.18 Å². The molecule has 1 fully saturated rings. The highest BCUT2D eigenvalue weighted by Crippen LogP contribution is 2.33. The van der Waals surface area contributed by atoms with Gasteiger partial charge in [-0.2, -0.15) is 0 Å². The Morgan fingerprint density at radius 1 is 1.19 bits per heavy atom. The summed E-state index contributed by atoms with van der Waals surface area (Å²) in [5.41, 5.74) is 0.300. The molecule has 1 aromatic rings. The van der Waals surface area contributed by atoms with E-state index in [-0.39, 0.29) is 35.4 Å². The van der Waals surface area contributed by atoms with Gasteiger partial charge in [0.15, 0.2) is 11.6 Å². The van der Waals surface area contributed by atoms with Crippen molar-refractivity contribution in [3.63, 3.8) is 0 Å². The van der Waals surface area contributed by atoms with Gasteiger partial charge in [-0.15, -0.1) is 0 Å². The number of hydrogen-bond acceptors (Lipinski definition) is 6. The molecule has 0 saturated carbocycles. The van der Waals surface area contributed by atoms with E-state index in [1.54, 1.807) is 19.2 Å². The molecule has 0 aromatic heterocycles. The molecule has 0 bridgehead atoms. The van der Waals surface area contributed by atoms with Gasteiger partial charge in [0.05, 0.1) is 18.6 Å². The Morgan fingerprint density at radius 2 is 1.89 bits per heavy atom. The van der Waals surface area contributed by atoms with Gasteiger partial charge in [0.1, 0.15) is 11.7 Å². The van der Waals surface area contributed by atoms with Crippen molar-refractivity contribution in [1.82, 2.24) is 5.32 Å². The Kier molecular flexibility index (Phi) is 11.7. The van der Waals surface area contributed by atoms with Gasteiger partial charge in [-0.1, -0.05) is 33.8 Å². The van der Waals surface area contributed by atoms with Crippen LogP contribution in [-0.2, 0) is 25.4 Å². The predicted molar refractivity (Wildman–Crippen MR) is 141 cm³/mol. The third-order valence-electron chi connectivity index (χ3n) is 6.76. The third-order valence-corrected chi connectivity index (χ3v) is 6.76. The summed E-state index contributed by atoms with van der Waals surface area (Å²) >= 11 is 0. The number of rotatable bonds is 13. The number of ether oxygens (including phenoxy) is 4. The molecule has 1 heterocycles. The third kappa shape index (κ3) is 10.1. The molecule has 0 radical (unpaired) electrons. The fraction of sp³-hybridized carbons (Fsp3) is 0.724. The number of benzene rings is 1. The van der Waals surface area contributed by atoms with Crippen molar-refractivity contribution in [3.8, 4) is 5.75 Å². The molecule has 0 spiro atoms. The molecule has 4 atom stereocenters. The van der Waals surface area contributed by atoms with Crippen LogP contribution in [-0.4, -0.2) is 50.1 Å². The van der Waals surface area contributed by atoms with Crippen LogP contribution in [0.3, 0.4) is 0 Å². The summed E-state index contributed by atoms with van der Waals surface area (Å²) in [5, 5.41) is 2.99. The van der Waals surface area contributed by atoms with E-state index < -0.39 is 29.7 Å². The molecule has 1 saturated heterocycles. The Balaban J connectivity index is 2.20. The molecule has 1 aliphatic heterocycles. The standard InChI is InChI=1S/C29H46FNO6/c1-18(2)21(14-20-10-11-23(30)25(15-20)35-13-9-12-34-8)16-24(31-28(33)37-29(5,6)7)26-17-22(19(3)4)27(32)36-26/h10-11,15,18-19,21-22,24,26H,9,12-14,16-17H2,1-8H3,(H,31,33)/t21-,22+,24+,26+/m1/s1. The van der Waals surface area contributed by atoms with Gasteiger partial charge in [-0.3, -0.25) is 4.79 Å². The number of halogens is 1. The molecule has 0 unspecified atom stereocenters. The molecular formula is C29H46FNO6. The first-order valence-corrected chi connectivity index (χ1v) is 13.4. The summed E-state index contributed by atoms with van der Waals surface area (Å²) in [5.74, 6) is -0.0395. The number of carbonyl (C=O) groups is 2. The van der Waals surface area contributed by atoms with Crippen LogP contribution in [0.25, 0.3) is 0 Å². The van der Waals surface area contributed by atoms with Crippen molar-refractivity contribution in [3.05, 3.63) is 29.6 Å². The van der Waals surface area contributed by atoms with Crippen LogP contribution in [0.2, 0.25) is 0 Å². The topological polar surface area (TPSA) is 83.1 Å². The first-order valence-electron chi connectivity index (χ1n) is 13.4. The largest absolute Gasteiger partial charge is 0.490 e. The maximum Gasteiger partial charge on any atom is 0.408 e. The Morgan fingerprint density at radius 3 is 2.46 bits per heavy atom. The number of alkyl carbamates (subject to hydrolysis) is 1. The number of carbonyl (C=O) groups excluding carboxylic acids is 2. The lowest BCUT2D eigenvalue weighted by Gasteiger charge is -2.31. The van der Waals surface area contributed by atoms with E-state index in [0.29, 0.717) is 38.9 Å². The zero-order chi connectivity index (χ0) is 27.8. The molecule has 7 nitrogen and oxygen atoms in total. The fourth-order valence-corrected chi connectivity index (χ4v) is 4.58. The Bertz CT molecular complexity index is 882. The Hall–Kier alpha value is -2.35. The lowest BCUT2D eigenvalue weighted by atomic mass is 9.81. The minimum atomic E-state index is -0.646. The number of cyclic esters (lactones) is 1. The molecule has 8 heteroatoms. The summed E-state index contributed by atoms with van der Waals surface area (Å²) in [4.78, 5) is 25.2. The van der Waals surface area contributed by atoms with Crippen molar-refractivity contribution in [2.45, 2.75) is 91.9 Å². The lowest BCUT2D eigenvalue weighted by Crippen LogP contribution is -2.47. The van der Waals surface area contributed by atoms with Gasteiger partial charge in [-0.25, -0.2) is 9.18 Å². The molecule has 37 heavy (non-hydrogen) atoms. The van der Waals surface area contributed by atoms with E-state index >= 15 is 0 Å². The van der Waals surface area contributed by atoms with Gasteiger partial charge in [0.2, 0.25) is 0 Å². The highest BCUT2D eigenvalue weighted by atomic mass is 19.1. The quantitative estimate of drug-likeness (QED) is 0.255. The summed E-state index contributed by atoms with van der Waals surface area (Å²) in [7, 11) is 1.62. The van der Waals surface area contributed by atoms with Crippen LogP contribution < -0.4 is 10.1 Å². The number of methoxy groups -OCH3 is 1. The van der Waals surface area contributed by atoms with Crippen LogP contribution in [0.15, 0.2) is 18.2 Å². The summed E-state index contributed by atoms with van der Waals surface area (Å²) in [6.45, 7) is 14.6. The van der Waals surface area contributed by atoms with Crippen LogP contribution in [0.1, 0.15) is 73.3 Å². The van der Waals surface area contributed by atoms with Crippen molar-refractivity contribution in [2.24, 2.45) is 23.7 Å². The molecule has 0 aliphatic carbocycles. The summed E-state index contributed by atoms with van der Waals surface area (Å²) in [6, 6.07) is 4.55. The molecule has 1 aromatic carbocycles. The van der Waals surface area contributed by atoms with E-state index in [4.69, 9.17) is 18.9 Å².